The number of carbonyl (C=O) groups is 2. The maximum atomic E-state index is 13.5. The van der Waals surface area contributed by atoms with E-state index in [-0.39, 0.29) is 35.6 Å². The van der Waals surface area contributed by atoms with Crippen LogP contribution in [0.4, 0.5) is 4.39 Å². The van der Waals surface area contributed by atoms with Crippen LogP contribution in [-0.2, 0) is 25.5 Å². The number of allylic oxidation sites excluding steroid dienone is 1. The molecule has 0 amide bonds. The Bertz CT molecular complexity index is 1360. The first-order valence-corrected chi connectivity index (χ1v) is 14.1. The van der Waals surface area contributed by atoms with Crippen molar-refractivity contribution in [3.63, 3.8) is 0 Å². The molecule has 208 valence electrons. The average molecular weight is 555 g/mol. The SMILES string of the molecule is COCC(=O)O[C@]1(C(=O)S)CCC2[C@@H]3CCC4=Cc5c(cnn5-c5ccc(F)cc5)C[C@]4(C)C3[C@@H](O)C[C@@]21C. The van der Waals surface area contributed by atoms with E-state index < -0.39 is 28.2 Å². The molecular formula is C30H35FN2O5S. The van der Waals surface area contributed by atoms with Gasteiger partial charge in [-0.2, -0.15) is 5.10 Å². The number of thiol groups is 1. The number of benzene rings is 1. The molecule has 0 radical (unpaired) electrons. The molecule has 1 N–H and O–H groups in total. The van der Waals surface area contributed by atoms with Crippen LogP contribution in [0.2, 0.25) is 0 Å². The number of ether oxygens (including phenoxy) is 2. The molecule has 1 aromatic heterocycles. The van der Waals surface area contributed by atoms with E-state index in [2.05, 4.69) is 30.7 Å². The molecule has 4 aliphatic carbocycles. The van der Waals surface area contributed by atoms with Gasteiger partial charge in [0.15, 0.2) is 5.60 Å². The molecule has 6 rings (SSSR count). The van der Waals surface area contributed by atoms with Crippen molar-refractivity contribution >= 4 is 29.8 Å². The zero-order valence-corrected chi connectivity index (χ0v) is 23.4. The van der Waals surface area contributed by atoms with Crippen LogP contribution in [0.3, 0.4) is 0 Å². The molecule has 2 aromatic rings. The van der Waals surface area contributed by atoms with Gasteiger partial charge in [-0.15, -0.1) is 12.6 Å². The van der Waals surface area contributed by atoms with Crippen LogP contribution in [0.15, 0.2) is 36.0 Å². The normalized spacial score (nSPS) is 36.7. The summed E-state index contributed by atoms with van der Waals surface area (Å²) >= 11 is 4.22. The van der Waals surface area contributed by atoms with E-state index in [1.807, 2.05) is 17.8 Å². The zero-order valence-electron chi connectivity index (χ0n) is 22.5. The van der Waals surface area contributed by atoms with Gasteiger partial charge < -0.3 is 14.6 Å². The Morgan fingerprint density at radius 2 is 1.97 bits per heavy atom. The Hall–Kier alpha value is -2.49. The van der Waals surface area contributed by atoms with Crippen LogP contribution in [0.25, 0.3) is 11.8 Å². The molecule has 3 saturated carbocycles. The van der Waals surface area contributed by atoms with Crippen molar-refractivity contribution in [2.24, 2.45) is 28.6 Å². The Kier molecular flexibility index (Phi) is 6.36. The van der Waals surface area contributed by atoms with Gasteiger partial charge in [-0.05, 0) is 97.6 Å². The van der Waals surface area contributed by atoms with Crippen LogP contribution < -0.4 is 0 Å². The number of carbonyl (C=O) groups excluding carboxylic acids is 2. The fourth-order valence-electron chi connectivity index (χ4n) is 8.86. The van der Waals surface area contributed by atoms with Gasteiger partial charge in [-0.25, -0.2) is 13.9 Å². The number of esters is 1. The van der Waals surface area contributed by atoms with Gasteiger partial charge in [-0.3, -0.25) is 4.79 Å². The number of nitrogens with zero attached hydrogens (tertiary/aromatic N) is 2. The summed E-state index contributed by atoms with van der Waals surface area (Å²) < 4.78 is 26.2. The second kappa shape index (κ2) is 9.28. The van der Waals surface area contributed by atoms with E-state index in [1.54, 1.807) is 12.1 Å². The predicted molar refractivity (Wildman–Crippen MR) is 146 cm³/mol. The highest BCUT2D eigenvalue weighted by Crippen LogP contribution is 2.68. The van der Waals surface area contributed by atoms with Crippen molar-refractivity contribution < 1.29 is 28.6 Å². The Morgan fingerprint density at radius 3 is 2.67 bits per heavy atom. The molecule has 7 atom stereocenters. The molecule has 0 spiro atoms. The minimum absolute atomic E-state index is 0.00149. The minimum atomic E-state index is -1.38. The van der Waals surface area contributed by atoms with Crippen molar-refractivity contribution in [2.75, 3.05) is 13.7 Å². The van der Waals surface area contributed by atoms with Gasteiger partial charge in [0.2, 0.25) is 5.12 Å². The summed E-state index contributed by atoms with van der Waals surface area (Å²) in [6.07, 6.45) is 7.42. The molecule has 0 saturated heterocycles. The standard InChI is InChI=1S/C30H35FN2O5S/c1-28-13-17-15-32-33(20-7-5-19(31)6-8-20)23(17)12-18(28)4-9-21-22-10-11-30(27(36)39,38-25(35)16-37-3)29(22,2)14-24(34)26(21)28/h5-8,12,15,21-22,24,26,34H,4,9-11,13-14,16H2,1-3H3,(H,36,39)/t21-,22?,24-,26?,28-,29-,30-/m0/s1. The number of hydrogen-bond donors (Lipinski definition) is 2. The first-order chi connectivity index (χ1) is 18.5. The van der Waals surface area contributed by atoms with E-state index >= 15 is 0 Å². The predicted octanol–water partition coefficient (Wildman–Crippen LogP) is 4.55. The largest absolute Gasteiger partial charge is 0.448 e. The fraction of sp³-hybridized carbons (Fsp3) is 0.567. The molecule has 1 heterocycles. The number of hydrogen-bond acceptors (Lipinski definition) is 6. The molecular weight excluding hydrogens is 519 g/mol. The maximum absolute atomic E-state index is 13.5. The van der Waals surface area contributed by atoms with Crippen LogP contribution in [-0.4, -0.2) is 51.4 Å². The molecule has 9 heteroatoms. The lowest BCUT2D eigenvalue weighted by molar-refractivity contribution is -0.198. The van der Waals surface area contributed by atoms with Crippen molar-refractivity contribution in [1.82, 2.24) is 9.78 Å². The van der Waals surface area contributed by atoms with Crippen molar-refractivity contribution in [3.8, 4) is 5.69 Å². The van der Waals surface area contributed by atoms with Gasteiger partial charge in [0.1, 0.15) is 12.4 Å². The first kappa shape index (κ1) is 26.7. The quantitative estimate of drug-likeness (QED) is 0.416. The highest BCUT2D eigenvalue weighted by molar-refractivity contribution is 7.96. The highest BCUT2D eigenvalue weighted by Gasteiger charge is 2.70. The molecule has 0 bridgehead atoms. The molecule has 2 unspecified atom stereocenters. The summed E-state index contributed by atoms with van der Waals surface area (Å²) in [7, 11) is 1.41. The first-order valence-electron chi connectivity index (χ1n) is 13.7. The van der Waals surface area contributed by atoms with Crippen LogP contribution in [0.5, 0.6) is 0 Å². The minimum Gasteiger partial charge on any atom is -0.448 e. The van der Waals surface area contributed by atoms with Gasteiger partial charge in [0.05, 0.1) is 23.7 Å². The van der Waals surface area contributed by atoms with E-state index in [9.17, 15) is 19.1 Å². The topological polar surface area (TPSA) is 90.7 Å². The molecule has 39 heavy (non-hydrogen) atoms. The van der Waals surface area contributed by atoms with Crippen molar-refractivity contribution in [2.45, 2.75) is 64.1 Å². The summed E-state index contributed by atoms with van der Waals surface area (Å²) in [6, 6.07) is 6.33. The Labute approximate surface area is 233 Å². The van der Waals surface area contributed by atoms with Crippen molar-refractivity contribution in [3.05, 3.63) is 53.1 Å². The lowest BCUT2D eigenvalue weighted by Gasteiger charge is -2.60. The third kappa shape index (κ3) is 3.79. The van der Waals surface area contributed by atoms with Crippen LogP contribution >= 0.6 is 12.6 Å². The van der Waals surface area contributed by atoms with E-state index in [0.29, 0.717) is 12.8 Å². The maximum Gasteiger partial charge on any atom is 0.333 e. The second-order valence-corrected chi connectivity index (χ2v) is 12.7. The Morgan fingerprint density at radius 1 is 1.23 bits per heavy atom. The number of aliphatic hydroxyl groups excluding tert-OH is 1. The summed E-state index contributed by atoms with van der Waals surface area (Å²) in [5, 5.41) is 16.0. The van der Waals surface area contributed by atoms with Gasteiger partial charge in [0, 0.05) is 12.5 Å². The second-order valence-electron chi connectivity index (χ2n) is 12.3. The zero-order chi connectivity index (χ0) is 27.7. The molecule has 0 aliphatic heterocycles. The Balaban J connectivity index is 1.34. The van der Waals surface area contributed by atoms with Gasteiger partial charge >= 0.3 is 5.97 Å². The summed E-state index contributed by atoms with van der Waals surface area (Å²) in [5.41, 5.74) is 1.84. The summed E-state index contributed by atoms with van der Waals surface area (Å²) in [4.78, 5) is 25.6. The molecule has 4 aliphatic rings. The molecule has 1 aromatic carbocycles. The van der Waals surface area contributed by atoms with Gasteiger partial charge in [-0.1, -0.05) is 19.4 Å². The summed E-state index contributed by atoms with van der Waals surface area (Å²) in [6.45, 7) is 4.01. The lowest BCUT2D eigenvalue weighted by Crippen LogP contribution is -2.62. The van der Waals surface area contributed by atoms with E-state index in [4.69, 9.17) is 9.47 Å². The lowest BCUT2D eigenvalue weighted by atomic mass is 9.45. The summed E-state index contributed by atoms with van der Waals surface area (Å²) in [5.74, 6) is -0.591. The van der Waals surface area contributed by atoms with E-state index in [1.165, 1.54) is 24.8 Å². The average Bonchev–Trinajstić information content (AvgIpc) is 3.41. The number of rotatable bonds is 5. The highest BCUT2D eigenvalue weighted by atomic mass is 32.1. The van der Waals surface area contributed by atoms with Gasteiger partial charge in [0.25, 0.3) is 0 Å². The monoisotopic (exact) mass is 554 g/mol. The smallest absolute Gasteiger partial charge is 0.333 e. The number of aliphatic hydroxyl groups is 1. The van der Waals surface area contributed by atoms with Crippen LogP contribution in [0, 0.1) is 34.4 Å². The third-order valence-electron chi connectivity index (χ3n) is 10.5. The van der Waals surface area contributed by atoms with E-state index in [0.717, 1.165) is 42.6 Å². The van der Waals surface area contributed by atoms with Crippen molar-refractivity contribution in [1.29, 1.82) is 0 Å². The number of methoxy groups -OCH3 is 1. The number of fused-ring (bicyclic) bond motifs is 6. The number of halogens is 1. The fourth-order valence-corrected chi connectivity index (χ4v) is 9.28. The number of aromatic nitrogens is 2. The molecule has 3 fully saturated rings. The van der Waals surface area contributed by atoms with Crippen LogP contribution in [0.1, 0.15) is 57.2 Å². The third-order valence-corrected chi connectivity index (χ3v) is 10.9. The molecule has 7 nitrogen and oxygen atoms in total.